The number of likely N-dealkylation sites (tertiary alicyclic amines) is 1. The highest BCUT2D eigenvalue weighted by Crippen LogP contribution is 2.23. The lowest BCUT2D eigenvalue weighted by Gasteiger charge is -2.39. The van der Waals surface area contributed by atoms with Crippen LogP contribution in [0.5, 0.6) is 0 Å². The van der Waals surface area contributed by atoms with E-state index in [4.69, 9.17) is 10.6 Å². The van der Waals surface area contributed by atoms with E-state index in [1.807, 2.05) is 0 Å². The lowest BCUT2D eigenvalue weighted by Crippen LogP contribution is -2.47. The largest absolute Gasteiger partial charge is 0.377 e. The van der Waals surface area contributed by atoms with E-state index >= 15 is 0 Å². The number of methoxy groups -OCH3 is 1. The van der Waals surface area contributed by atoms with Crippen LogP contribution >= 0.6 is 0 Å². The highest BCUT2D eigenvalue weighted by Gasteiger charge is 2.30. The number of hydrogen-bond donors (Lipinski definition) is 2. The molecule has 1 amide bonds. The van der Waals surface area contributed by atoms with Gasteiger partial charge in [-0.15, -0.1) is 0 Å². The van der Waals surface area contributed by atoms with Crippen LogP contribution in [0.1, 0.15) is 45.4 Å². The molecule has 1 unspecified atom stereocenters. The average molecular weight is 257 g/mol. The van der Waals surface area contributed by atoms with E-state index in [1.54, 1.807) is 7.11 Å². The molecule has 1 saturated heterocycles. The highest BCUT2D eigenvalue weighted by molar-refractivity contribution is 5.74. The third-order valence-corrected chi connectivity index (χ3v) is 3.77. The quantitative estimate of drug-likeness (QED) is 0.309. The molecule has 1 fully saturated rings. The molecule has 18 heavy (non-hydrogen) atoms. The predicted octanol–water partition coefficient (Wildman–Crippen LogP) is 1.04. The van der Waals surface area contributed by atoms with Crippen molar-refractivity contribution < 1.29 is 9.53 Å². The summed E-state index contributed by atoms with van der Waals surface area (Å²) in [6, 6.07) is 0. The van der Waals surface area contributed by atoms with Gasteiger partial charge in [0.05, 0.1) is 5.60 Å². The Bertz CT molecular complexity index is 261. The Morgan fingerprint density at radius 2 is 2.22 bits per heavy atom. The van der Waals surface area contributed by atoms with Crippen LogP contribution in [0.4, 0.5) is 0 Å². The van der Waals surface area contributed by atoms with Gasteiger partial charge in [-0.3, -0.25) is 10.2 Å². The van der Waals surface area contributed by atoms with Crippen LogP contribution < -0.4 is 11.3 Å². The fraction of sp³-hybridized carbons (Fsp3) is 0.923. The number of unbranched alkanes of at least 4 members (excludes halogenated alkanes) is 2. The molecule has 1 aliphatic rings. The summed E-state index contributed by atoms with van der Waals surface area (Å²) in [5.74, 6) is 4.96. The molecule has 5 heteroatoms. The van der Waals surface area contributed by atoms with Gasteiger partial charge in [-0.2, -0.15) is 0 Å². The minimum Gasteiger partial charge on any atom is -0.377 e. The fourth-order valence-electron chi connectivity index (χ4n) is 2.54. The zero-order valence-electron chi connectivity index (χ0n) is 11.7. The summed E-state index contributed by atoms with van der Waals surface area (Å²) in [6.07, 6.45) is 6.02. The first kappa shape index (κ1) is 15.4. The van der Waals surface area contributed by atoms with Crippen molar-refractivity contribution in [1.29, 1.82) is 0 Å². The molecular formula is C13H27N3O2. The van der Waals surface area contributed by atoms with Crippen molar-refractivity contribution in [2.45, 2.75) is 51.0 Å². The Labute approximate surface area is 110 Å². The first-order valence-electron chi connectivity index (χ1n) is 6.86. The van der Waals surface area contributed by atoms with E-state index in [0.29, 0.717) is 6.42 Å². The van der Waals surface area contributed by atoms with E-state index < -0.39 is 0 Å². The van der Waals surface area contributed by atoms with E-state index in [0.717, 1.165) is 38.8 Å². The third kappa shape index (κ3) is 5.33. The number of nitrogens with one attached hydrogen (secondary N) is 1. The van der Waals surface area contributed by atoms with Gasteiger partial charge in [-0.1, -0.05) is 6.42 Å². The van der Waals surface area contributed by atoms with Gasteiger partial charge in [-0.25, -0.2) is 5.84 Å². The van der Waals surface area contributed by atoms with E-state index in [2.05, 4.69) is 17.2 Å². The van der Waals surface area contributed by atoms with Crippen LogP contribution in [-0.4, -0.2) is 43.2 Å². The Hall–Kier alpha value is -0.650. The van der Waals surface area contributed by atoms with Gasteiger partial charge in [0.1, 0.15) is 0 Å². The first-order chi connectivity index (χ1) is 8.59. The number of amides is 1. The van der Waals surface area contributed by atoms with Gasteiger partial charge < -0.3 is 9.64 Å². The molecule has 0 saturated carbocycles. The van der Waals surface area contributed by atoms with Gasteiger partial charge in [0.2, 0.25) is 5.91 Å². The molecule has 0 aromatic heterocycles. The molecule has 0 bridgehead atoms. The monoisotopic (exact) mass is 257 g/mol. The van der Waals surface area contributed by atoms with Gasteiger partial charge in [0.25, 0.3) is 0 Å². The maximum atomic E-state index is 10.9. The number of carbonyl (C=O) groups excluding carboxylic acids is 1. The number of hydrazine groups is 1. The van der Waals surface area contributed by atoms with Crippen molar-refractivity contribution in [1.82, 2.24) is 10.3 Å². The predicted molar refractivity (Wildman–Crippen MR) is 71.9 cm³/mol. The van der Waals surface area contributed by atoms with Gasteiger partial charge >= 0.3 is 0 Å². The fourth-order valence-corrected chi connectivity index (χ4v) is 2.54. The minimum absolute atomic E-state index is 0.0255. The van der Waals surface area contributed by atoms with Crippen LogP contribution in [-0.2, 0) is 9.53 Å². The van der Waals surface area contributed by atoms with Crippen molar-refractivity contribution in [3.63, 3.8) is 0 Å². The Balaban J connectivity index is 2.10. The van der Waals surface area contributed by atoms with Crippen molar-refractivity contribution in [2.24, 2.45) is 5.84 Å². The van der Waals surface area contributed by atoms with Crippen molar-refractivity contribution in [3.05, 3.63) is 0 Å². The molecule has 0 aromatic carbocycles. The van der Waals surface area contributed by atoms with Gasteiger partial charge in [-0.05, 0) is 45.7 Å². The molecule has 0 aliphatic carbocycles. The number of piperidine rings is 1. The summed E-state index contributed by atoms with van der Waals surface area (Å²) in [7, 11) is 1.80. The molecule has 1 rings (SSSR count). The maximum absolute atomic E-state index is 10.9. The normalized spacial score (nSPS) is 25.1. The van der Waals surface area contributed by atoms with Crippen molar-refractivity contribution >= 4 is 5.91 Å². The summed E-state index contributed by atoms with van der Waals surface area (Å²) < 4.78 is 5.57. The molecule has 0 aromatic rings. The second-order valence-electron chi connectivity index (χ2n) is 5.41. The smallest absolute Gasteiger partial charge is 0.233 e. The Morgan fingerprint density at radius 3 is 2.89 bits per heavy atom. The SMILES string of the molecule is COC1(C)CCCN(CCCCCC(=O)NN)C1. The minimum atomic E-state index is -0.0695. The number of carbonyl (C=O) groups is 1. The summed E-state index contributed by atoms with van der Waals surface area (Å²) in [5.41, 5.74) is 2.18. The zero-order chi connectivity index (χ0) is 13.4. The summed E-state index contributed by atoms with van der Waals surface area (Å²) >= 11 is 0. The van der Waals surface area contributed by atoms with Crippen LogP contribution in [0.25, 0.3) is 0 Å². The number of ether oxygens (including phenoxy) is 1. The summed E-state index contributed by atoms with van der Waals surface area (Å²) in [4.78, 5) is 13.4. The second kappa shape index (κ2) is 7.71. The first-order valence-corrected chi connectivity index (χ1v) is 6.86. The van der Waals surface area contributed by atoms with E-state index in [9.17, 15) is 4.79 Å². The zero-order valence-corrected chi connectivity index (χ0v) is 11.7. The standard InChI is InChI=1S/C13H27N3O2/c1-13(18-2)8-6-10-16(11-13)9-5-3-4-7-12(17)15-14/h3-11,14H2,1-2H3,(H,15,17). The molecule has 106 valence electrons. The van der Waals surface area contributed by atoms with Crippen molar-refractivity contribution in [2.75, 3.05) is 26.7 Å². The molecule has 0 spiro atoms. The Morgan fingerprint density at radius 1 is 1.44 bits per heavy atom. The molecule has 3 N–H and O–H groups in total. The molecule has 0 radical (unpaired) electrons. The van der Waals surface area contributed by atoms with E-state index in [1.165, 1.54) is 13.0 Å². The Kier molecular flexibility index (Phi) is 6.60. The maximum Gasteiger partial charge on any atom is 0.233 e. The molecular weight excluding hydrogens is 230 g/mol. The summed E-state index contributed by atoms with van der Waals surface area (Å²) in [5, 5.41) is 0. The topological polar surface area (TPSA) is 67.6 Å². The van der Waals surface area contributed by atoms with Crippen LogP contribution in [0, 0.1) is 0 Å². The molecule has 1 heterocycles. The average Bonchev–Trinajstić information content (AvgIpc) is 2.38. The molecule has 5 nitrogen and oxygen atoms in total. The number of hydrogen-bond acceptors (Lipinski definition) is 4. The molecule has 1 atom stereocenters. The summed E-state index contributed by atoms with van der Waals surface area (Å²) in [6.45, 7) is 5.48. The van der Waals surface area contributed by atoms with Gasteiger partial charge in [0, 0.05) is 20.1 Å². The van der Waals surface area contributed by atoms with Crippen LogP contribution in [0.2, 0.25) is 0 Å². The van der Waals surface area contributed by atoms with Crippen LogP contribution in [0.3, 0.4) is 0 Å². The van der Waals surface area contributed by atoms with E-state index in [-0.39, 0.29) is 11.5 Å². The lowest BCUT2D eigenvalue weighted by molar-refractivity contribution is -0.121. The third-order valence-electron chi connectivity index (χ3n) is 3.77. The second-order valence-corrected chi connectivity index (χ2v) is 5.41. The highest BCUT2D eigenvalue weighted by atomic mass is 16.5. The molecule has 1 aliphatic heterocycles. The lowest BCUT2D eigenvalue weighted by atomic mass is 9.94. The van der Waals surface area contributed by atoms with Crippen molar-refractivity contribution in [3.8, 4) is 0 Å². The number of rotatable bonds is 7. The van der Waals surface area contributed by atoms with Gasteiger partial charge in [0.15, 0.2) is 0 Å². The number of nitrogens with two attached hydrogens (primary N) is 1. The number of nitrogens with zero attached hydrogens (tertiary/aromatic N) is 1. The van der Waals surface area contributed by atoms with Crippen LogP contribution in [0.15, 0.2) is 0 Å².